The van der Waals surface area contributed by atoms with Crippen LogP contribution < -0.4 is 10.6 Å². The van der Waals surface area contributed by atoms with Crippen molar-refractivity contribution in [1.82, 2.24) is 0 Å². The summed E-state index contributed by atoms with van der Waals surface area (Å²) in [7, 11) is 1.61. The van der Waals surface area contributed by atoms with Crippen molar-refractivity contribution in [1.29, 1.82) is 0 Å². The third-order valence-corrected chi connectivity index (χ3v) is 5.01. The van der Waals surface area contributed by atoms with Gasteiger partial charge in [0.15, 0.2) is 0 Å². The van der Waals surface area contributed by atoms with Crippen LogP contribution in [0.2, 0.25) is 0 Å². The van der Waals surface area contributed by atoms with Crippen molar-refractivity contribution in [3.8, 4) is 0 Å². The number of ether oxygens (including phenoxy) is 3. The molecule has 1 amide bonds. The molecule has 6 nitrogen and oxygen atoms in total. The molecule has 3 atom stereocenters. The molecule has 138 valence electrons. The number of nitrogens with two attached hydrogens (primary N) is 1. The molecular formula is C19H28N2O4. The smallest absolute Gasteiger partial charge is 0.414 e. The first-order valence-electron chi connectivity index (χ1n) is 9.11. The molecule has 25 heavy (non-hydrogen) atoms. The second-order valence-corrected chi connectivity index (χ2v) is 6.75. The number of nitrogens with zero attached hydrogens (tertiary/aromatic N) is 1. The third kappa shape index (κ3) is 4.32. The van der Waals surface area contributed by atoms with E-state index < -0.39 is 0 Å². The summed E-state index contributed by atoms with van der Waals surface area (Å²) >= 11 is 0. The molecule has 1 aromatic rings. The zero-order chi connectivity index (χ0) is 17.6. The number of anilines is 1. The summed E-state index contributed by atoms with van der Waals surface area (Å²) in [5.74, 6) is 0.404. The molecule has 0 aromatic heterocycles. The Balaban J connectivity index is 1.68. The minimum Gasteiger partial charge on any atom is -0.441 e. The van der Waals surface area contributed by atoms with Crippen molar-refractivity contribution >= 4 is 11.8 Å². The molecule has 0 bridgehead atoms. The molecule has 3 unspecified atom stereocenters. The monoisotopic (exact) mass is 348 g/mol. The second kappa shape index (κ2) is 8.65. The van der Waals surface area contributed by atoms with Gasteiger partial charge in [-0.1, -0.05) is 25.0 Å². The van der Waals surface area contributed by atoms with Gasteiger partial charge in [0, 0.05) is 25.3 Å². The second-order valence-electron chi connectivity index (χ2n) is 6.75. The minimum atomic E-state index is -0.309. The Morgan fingerprint density at radius 3 is 2.72 bits per heavy atom. The van der Waals surface area contributed by atoms with E-state index in [2.05, 4.69) is 12.1 Å². The molecule has 3 rings (SSSR count). The van der Waals surface area contributed by atoms with E-state index >= 15 is 0 Å². The van der Waals surface area contributed by atoms with Gasteiger partial charge in [-0.2, -0.15) is 0 Å². The quantitative estimate of drug-likeness (QED) is 0.820. The van der Waals surface area contributed by atoms with E-state index in [0.29, 0.717) is 32.2 Å². The van der Waals surface area contributed by atoms with Crippen LogP contribution in [0.3, 0.4) is 0 Å². The Kier molecular flexibility index (Phi) is 6.29. The fourth-order valence-electron chi connectivity index (χ4n) is 3.80. The molecule has 2 aliphatic rings. The summed E-state index contributed by atoms with van der Waals surface area (Å²) in [5.41, 5.74) is 7.72. The fraction of sp³-hybridized carbons (Fsp3) is 0.632. The van der Waals surface area contributed by atoms with Crippen LogP contribution in [0.1, 0.15) is 37.2 Å². The van der Waals surface area contributed by atoms with Gasteiger partial charge in [-0.15, -0.1) is 0 Å². The highest BCUT2D eigenvalue weighted by Crippen LogP contribution is 2.36. The molecule has 0 spiro atoms. The Hall–Kier alpha value is -1.63. The number of cyclic esters (lactones) is 1. The van der Waals surface area contributed by atoms with Gasteiger partial charge in [0.25, 0.3) is 0 Å². The summed E-state index contributed by atoms with van der Waals surface area (Å²) in [6.45, 7) is 2.11. The summed E-state index contributed by atoms with van der Waals surface area (Å²) in [6, 6.07) is 8.23. The molecule has 1 aliphatic carbocycles. The van der Waals surface area contributed by atoms with E-state index in [1.165, 1.54) is 18.4 Å². The molecular weight excluding hydrogens is 320 g/mol. The van der Waals surface area contributed by atoms with Crippen LogP contribution >= 0.6 is 0 Å². The summed E-state index contributed by atoms with van der Waals surface area (Å²) in [5, 5.41) is 0. The molecule has 1 heterocycles. The molecule has 1 aromatic carbocycles. The maximum atomic E-state index is 12.0. The van der Waals surface area contributed by atoms with Crippen LogP contribution in [0, 0.1) is 0 Å². The lowest BCUT2D eigenvalue weighted by atomic mass is 9.81. The fourth-order valence-corrected chi connectivity index (χ4v) is 3.80. The number of carbonyl (C=O) groups is 1. The Morgan fingerprint density at radius 2 is 2.00 bits per heavy atom. The van der Waals surface area contributed by atoms with Crippen LogP contribution in [0.25, 0.3) is 0 Å². The van der Waals surface area contributed by atoms with Crippen LogP contribution in [0.5, 0.6) is 0 Å². The van der Waals surface area contributed by atoms with E-state index in [-0.39, 0.29) is 18.3 Å². The van der Waals surface area contributed by atoms with E-state index in [1.54, 1.807) is 12.0 Å². The molecule has 2 N–H and O–H groups in total. The number of carbonyl (C=O) groups excluding carboxylic acids is 1. The number of hydrogen-bond donors (Lipinski definition) is 1. The van der Waals surface area contributed by atoms with Crippen LogP contribution in [-0.4, -0.2) is 51.7 Å². The third-order valence-electron chi connectivity index (χ3n) is 5.01. The first-order chi connectivity index (χ1) is 12.2. The first-order valence-corrected chi connectivity index (χ1v) is 9.11. The van der Waals surface area contributed by atoms with Crippen molar-refractivity contribution in [3.63, 3.8) is 0 Å². The minimum absolute atomic E-state index is 0.204. The zero-order valence-corrected chi connectivity index (χ0v) is 14.9. The molecule has 2 fully saturated rings. The average molecular weight is 348 g/mol. The molecule has 1 aliphatic heterocycles. The average Bonchev–Trinajstić information content (AvgIpc) is 3.01. The van der Waals surface area contributed by atoms with Crippen molar-refractivity contribution < 1.29 is 19.0 Å². The Labute approximate surface area is 149 Å². The number of amides is 1. The van der Waals surface area contributed by atoms with Crippen molar-refractivity contribution in [2.45, 2.75) is 43.8 Å². The molecule has 1 saturated carbocycles. The van der Waals surface area contributed by atoms with Crippen molar-refractivity contribution in [2.24, 2.45) is 5.73 Å². The van der Waals surface area contributed by atoms with Crippen LogP contribution in [-0.2, 0) is 14.2 Å². The van der Waals surface area contributed by atoms with Gasteiger partial charge in [0.05, 0.1) is 25.9 Å². The van der Waals surface area contributed by atoms with Gasteiger partial charge in [0.1, 0.15) is 6.10 Å². The van der Waals surface area contributed by atoms with E-state index in [4.69, 9.17) is 19.9 Å². The van der Waals surface area contributed by atoms with E-state index in [0.717, 1.165) is 18.5 Å². The van der Waals surface area contributed by atoms with Gasteiger partial charge in [0.2, 0.25) is 0 Å². The Bertz CT molecular complexity index is 563. The lowest BCUT2D eigenvalue weighted by Gasteiger charge is -2.32. The van der Waals surface area contributed by atoms with Gasteiger partial charge >= 0.3 is 6.09 Å². The topological polar surface area (TPSA) is 74.0 Å². The number of benzene rings is 1. The Morgan fingerprint density at radius 1 is 1.24 bits per heavy atom. The zero-order valence-electron chi connectivity index (χ0n) is 14.9. The summed E-state index contributed by atoms with van der Waals surface area (Å²) in [4.78, 5) is 13.7. The normalized spacial score (nSPS) is 26.7. The molecule has 0 radical (unpaired) electrons. The van der Waals surface area contributed by atoms with E-state index in [1.807, 2.05) is 12.1 Å². The first kappa shape index (κ1) is 18.2. The predicted octanol–water partition coefficient (Wildman–Crippen LogP) is 2.66. The van der Waals surface area contributed by atoms with Gasteiger partial charge < -0.3 is 19.9 Å². The SMILES string of the molecule is COCC1CN(c2ccc(C3CCCCC3OCCN)cc2)C(=O)O1. The number of rotatable bonds is 7. The van der Waals surface area contributed by atoms with Crippen LogP contribution in [0.15, 0.2) is 24.3 Å². The summed E-state index contributed by atoms with van der Waals surface area (Å²) < 4.78 is 16.3. The standard InChI is InChI=1S/C19H28N2O4/c1-23-13-16-12-21(19(22)25-16)15-8-6-14(7-9-15)17-4-2-3-5-18(17)24-11-10-20/h6-9,16-18H,2-5,10-13,20H2,1H3. The van der Waals surface area contributed by atoms with E-state index in [9.17, 15) is 4.79 Å². The lowest BCUT2D eigenvalue weighted by Crippen LogP contribution is -2.28. The number of hydrogen-bond acceptors (Lipinski definition) is 5. The van der Waals surface area contributed by atoms with Crippen molar-refractivity contribution in [2.75, 3.05) is 38.3 Å². The largest absolute Gasteiger partial charge is 0.441 e. The van der Waals surface area contributed by atoms with Crippen molar-refractivity contribution in [3.05, 3.63) is 29.8 Å². The number of methoxy groups -OCH3 is 1. The maximum absolute atomic E-state index is 12.0. The highest BCUT2D eigenvalue weighted by molar-refractivity contribution is 5.89. The van der Waals surface area contributed by atoms with Crippen LogP contribution in [0.4, 0.5) is 10.5 Å². The summed E-state index contributed by atoms with van der Waals surface area (Å²) in [6.07, 6.45) is 4.39. The molecule has 6 heteroatoms. The molecule has 1 saturated heterocycles. The predicted molar refractivity (Wildman–Crippen MR) is 95.9 cm³/mol. The lowest BCUT2D eigenvalue weighted by molar-refractivity contribution is 0.0176. The maximum Gasteiger partial charge on any atom is 0.414 e. The van der Waals surface area contributed by atoms with Gasteiger partial charge in [-0.25, -0.2) is 4.79 Å². The van der Waals surface area contributed by atoms with Gasteiger partial charge in [-0.05, 0) is 30.5 Å². The van der Waals surface area contributed by atoms with Gasteiger partial charge in [-0.3, -0.25) is 4.90 Å². The highest BCUT2D eigenvalue weighted by atomic mass is 16.6. The highest BCUT2D eigenvalue weighted by Gasteiger charge is 2.32.